The third-order valence-corrected chi connectivity index (χ3v) is 13.0. The van der Waals surface area contributed by atoms with Gasteiger partial charge in [0.1, 0.15) is 17.7 Å². The van der Waals surface area contributed by atoms with Crippen molar-refractivity contribution in [1.82, 2.24) is 19.1 Å². The second-order valence-corrected chi connectivity index (χ2v) is 16.2. The molecule has 0 unspecified atom stereocenters. The van der Waals surface area contributed by atoms with Gasteiger partial charge in [-0.3, -0.25) is 0 Å². The van der Waals surface area contributed by atoms with E-state index in [9.17, 15) is 10.5 Å². The fourth-order valence-electron chi connectivity index (χ4n) is 9.16. The van der Waals surface area contributed by atoms with Crippen LogP contribution in [0.4, 0.5) is 0 Å². The zero-order chi connectivity index (χ0) is 40.6. The van der Waals surface area contributed by atoms with Crippen LogP contribution >= 0.6 is 11.3 Å². The fourth-order valence-corrected chi connectivity index (χ4v) is 10.2. The fraction of sp³-hybridized carbons (Fsp3) is 0. The number of benzene rings is 8. The lowest BCUT2D eigenvalue weighted by Gasteiger charge is -2.15. The first-order chi connectivity index (χ1) is 30.2. The third-order valence-electron chi connectivity index (χ3n) is 11.8. The lowest BCUT2D eigenvalue weighted by molar-refractivity contribution is 1.16. The van der Waals surface area contributed by atoms with Crippen LogP contribution in [0.15, 0.2) is 182 Å². The van der Waals surface area contributed by atoms with E-state index in [2.05, 4.69) is 143 Å². The molecule has 61 heavy (non-hydrogen) atoms. The lowest BCUT2D eigenvalue weighted by atomic mass is 9.98. The van der Waals surface area contributed by atoms with Gasteiger partial charge in [-0.25, -0.2) is 9.97 Å². The predicted molar refractivity (Wildman–Crippen MR) is 249 cm³/mol. The van der Waals surface area contributed by atoms with Gasteiger partial charge in [0.05, 0.1) is 44.7 Å². The maximum Gasteiger partial charge on any atom is 0.160 e. The molecule has 0 fully saturated rings. The molecule has 0 aliphatic carbocycles. The maximum atomic E-state index is 11.1. The Balaban J connectivity index is 1.11. The minimum Gasteiger partial charge on any atom is -0.309 e. The lowest BCUT2D eigenvalue weighted by Crippen LogP contribution is -2.03. The van der Waals surface area contributed by atoms with Gasteiger partial charge in [0.25, 0.3) is 0 Å². The van der Waals surface area contributed by atoms with E-state index < -0.39 is 0 Å². The minimum atomic E-state index is 0.348. The van der Waals surface area contributed by atoms with Gasteiger partial charge in [-0.1, -0.05) is 115 Å². The van der Waals surface area contributed by atoms with Crippen LogP contribution in [0.25, 0.3) is 109 Å². The number of hydrogen-bond donors (Lipinski definition) is 0. The standard InChI is InChI=1S/C54H30N6S/c55-31-36-29-34(52-43(32-56)51(33-13-3-1-4-14-33)57-54(58-52)35-24-28-49-42(30-35)39-18-9-12-22-48(39)61-49)23-26-44(36)60-45-20-10-7-17-38(45)40-25-27-47-50(53(40)60)41-19-8-11-21-46(41)59(47)37-15-5-2-6-16-37/h1-30H. The van der Waals surface area contributed by atoms with E-state index in [0.29, 0.717) is 33.9 Å². The molecule has 0 saturated carbocycles. The number of rotatable bonds is 5. The van der Waals surface area contributed by atoms with Gasteiger partial charge in [-0.05, 0) is 66.7 Å². The molecule has 0 aliphatic heterocycles. The van der Waals surface area contributed by atoms with Crippen LogP contribution in [0.3, 0.4) is 0 Å². The molecule has 4 heterocycles. The normalized spacial score (nSPS) is 11.6. The Bertz CT molecular complexity index is 3840. The van der Waals surface area contributed by atoms with E-state index in [1.807, 2.05) is 60.7 Å². The Morgan fingerprint density at radius 3 is 1.85 bits per heavy atom. The van der Waals surface area contributed by atoms with Crippen molar-refractivity contribution in [3.63, 3.8) is 0 Å². The molecule has 0 saturated heterocycles. The molecule has 0 aliphatic rings. The van der Waals surface area contributed by atoms with E-state index in [1.54, 1.807) is 11.3 Å². The molecule has 0 atom stereocenters. The largest absolute Gasteiger partial charge is 0.309 e. The minimum absolute atomic E-state index is 0.348. The van der Waals surface area contributed by atoms with Crippen LogP contribution < -0.4 is 0 Å². The highest BCUT2D eigenvalue weighted by atomic mass is 32.1. The van der Waals surface area contributed by atoms with Gasteiger partial charge in [-0.2, -0.15) is 10.5 Å². The molecule has 7 heteroatoms. The first kappa shape index (κ1) is 34.7. The first-order valence-electron chi connectivity index (χ1n) is 20.0. The number of para-hydroxylation sites is 3. The Hall–Kier alpha value is -8.36. The molecule has 0 amide bonds. The molecule has 12 rings (SSSR count). The van der Waals surface area contributed by atoms with E-state index >= 15 is 0 Å². The van der Waals surface area contributed by atoms with Crippen LogP contribution in [0, 0.1) is 22.7 Å². The number of nitrogens with zero attached hydrogens (tertiary/aromatic N) is 6. The molecule has 0 N–H and O–H groups in total. The van der Waals surface area contributed by atoms with E-state index in [4.69, 9.17) is 9.97 Å². The van der Waals surface area contributed by atoms with E-state index in [0.717, 1.165) is 71.5 Å². The van der Waals surface area contributed by atoms with Gasteiger partial charge in [0.2, 0.25) is 0 Å². The maximum absolute atomic E-state index is 11.1. The van der Waals surface area contributed by atoms with Crippen molar-refractivity contribution >= 4 is 75.1 Å². The number of hydrogen-bond acceptors (Lipinski definition) is 5. The summed E-state index contributed by atoms with van der Waals surface area (Å²) in [6, 6.07) is 67.2. The van der Waals surface area contributed by atoms with E-state index in [1.165, 1.54) is 14.8 Å². The third kappa shape index (κ3) is 5.25. The number of nitriles is 2. The highest BCUT2D eigenvalue weighted by Gasteiger charge is 2.24. The van der Waals surface area contributed by atoms with Gasteiger partial charge in [-0.15, -0.1) is 11.3 Å². The summed E-state index contributed by atoms with van der Waals surface area (Å²) in [5.41, 5.74) is 10.2. The Labute approximate surface area is 353 Å². The SMILES string of the molecule is N#Cc1cc(-c2nc(-c3ccc4sc5ccccc5c4c3)nc(-c3ccccc3)c2C#N)ccc1-n1c2ccccc2c2ccc3c(c4ccccc4n3-c3ccccc3)c21. The zero-order valence-electron chi connectivity index (χ0n) is 32.4. The quantitative estimate of drug-likeness (QED) is 0.174. The van der Waals surface area contributed by atoms with Gasteiger partial charge < -0.3 is 9.13 Å². The highest BCUT2D eigenvalue weighted by Crippen LogP contribution is 2.43. The van der Waals surface area contributed by atoms with Crippen molar-refractivity contribution in [2.24, 2.45) is 0 Å². The van der Waals surface area contributed by atoms with Crippen LogP contribution in [-0.2, 0) is 0 Å². The summed E-state index contributed by atoms with van der Waals surface area (Å²) in [6.07, 6.45) is 0. The molecular formula is C54H30N6S. The molecule has 12 aromatic rings. The van der Waals surface area contributed by atoms with Gasteiger partial charge >= 0.3 is 0 Å². The van der Waals surface area contributed by atoms with E-state index in [-0.39, 0.29) is 0 Å². The number of fused-ring (bicyclic) bond motifs is 10. The molecule has 8 aromatic carbocycles. The van der Waals surface area contributed by atoms with Gasteiger partial charge in [0, 0.05) is 64.1 Å². The smallest absolute Gasteiger partial charge is 0.160 e. The predicted octanol–water partition coefficient (Wildman–Crippen LogP) is 13.8. The average molecular weight is 795 g/mol. The Morgan fingerprint density at radius 2 is 1.08 bits per heavy atom. The van der Waals surface area contributed by atoms with Crippen molar-refractivity contribution in [2.75, 3.05) is 0 Å². The van der Waals surface area contributed by atoms with Crippen molar-refractivity contribution in [2.45, 2.75) is 0 Å². The first-order valence-corrected chi connectivity index (χ1v) is 20.8. The molecular weight excluding hydrogens is 765 g/mol. The van der Waals surface area contributed by atoms with Crippen LogP contribution in [-0.4, -0.2) is 19.1 Å². The molecule has 0 radical (unpaired) electrons. The van der Waals surface area contributed by atoms with Crippen LogP contribution in [0.1, 0.15) is 11.1 Å². The monoisotopic (exact) mass is 794 g/mol. The van der Waals surface area contributed by atoms with Crippen LogP contribution in [0.5, 0.6) is 0 Å². The molecule has 0 bridgehead atoms. The van der Waals surface area contributed by atoms with Crippen molar-refractivity contribution < 1.29 is 0 Å². The summed E-state index contributed by atoms with van der Waals surface area (Å²) in [5.74, 6) is 0.507. The van der Waals surface area contributed by atoms with Crippen molar-refractivity contribution in [1.29, 1.82) is 10.5 Å². The van der Waals surface area contributed by atoms with Gasteiger partial charge in [0.15, 0.2) is 5.82 Å². The second kappa shape index (κ2) is 13.6. The Morgan fingerprint density at radius 1 is 0.443 bits per heavy atom. The topological polar surface area (TPSA) is 83.2 Å². The Kier molecular flexibility index (Phi) is 7.73. The average Bonchev–Trinajstić information content (AvgIpc) is 3.99. The molecule has 0 spiro atoms. The summed E-state index contributed by atoms with van der Waals surface area (Å²) in [4.78, 5) is 10.3. The highest BCUT2D eigenvalue weighted by molar-refractivity contribution is 7.25. The summed E-state index contributed by atoms with van der Waals surface area (Å²) < 4.78 is 6.96. The second-order valence-electron chi connectivity index (χ2n) is 15.1. The summed E-state index contributed by atoms with van der Waals surface area (Å²) in [7, 11) is 0. The summed E-state index contributed by atoms with van der Waals surface area (Å²) in [5, 5.41) is 28.7. The zero-order valence-corrected chi connectivity index (χ0v) is 33.2. The van der Waals surface area contributed by atoms with Crippen molar-refractivity contribution in [3.8, 4) is 57.4 Å². The van der Waals surface area contributed by atoms with Crippen LogP contribution in [0.2, 0.25) is 0 Å². The molecule has 282 valence electrons. The molecule has 4 aromatic heterocycles. The molecule has 6 nitrogen and oxygen atoms in total. The summed E-state index contributed by atoms with van der Waals surface area (Å²) in [6.45, 7) is 0. The number of thiophene rings is 1. The summed E-state index contributed by atoms with van der Waals surface area (Å²) >= 11 is 1.76. The number of aromatic nitrogens is 4. The van der Waals surface area contributed by atoms with Crippen molar-refractivity contribution in [3.05, 3.63) is 193 Å².